The molecule has 1 unspecified atom stereocenters. The first-order valence-corrected chi connectivity index (χ1v) is 12.9. The van der Waals surface area contributed by atoms with Gasteiger partial charge in [0.25, 0.3) is 0 Å². The number of aryl methyl sites for hydroxylation is 1. The first kappa shape index (κ1) is 21.9. The van der Waals surface area contributed by atoms with Crippen LogP contribution < -0.4 is 25.9 Å². The molecule has 1 N–H and O–H groups in total. The van der Waals surface area contributed by atoms with Crippen molar-refractivity contribution in [3.8, 4) is 9.85 Å². The van der Waals surface area contributed by atoms with E-state index >= 15 is 0 Å². The maximum absolute atomic E-state index is 12.3. The van der Waals surface area contributed by atoms with Gasteiger partial charge in [0.2, 0.25) is 13.6 Å². The number of nitrogens with one attached hydrogen (secondary N) is 1. The Morgan fingerprint density at radius 3 is 2.41 bits per heavy atom. The summed E-state index contributed by atoms with van der Waals surface area (Å²) in [7, 11) is -3.42. The minimum Gasteiger partial charge on any atom is -0.211 e. The quantitative estimate of drug-likeness (QED) is 0.324. The van der Waals surface area contributed by atoms with Crippen molar-refractivity contribution in [2.45, 2.75) is 44.4 Å². The van der Waals surface area contributed by atoms with Gasteiger partial charge in [0.15, 0.2) is 3.93 Å². The van der Waals surface area contributed by atoms with E-state index in [1.165, 1.54) is 3.57 Å². The lowest BCUT2D eigenvalue weighted by molar-refractivity contribution is -0.535. The molecule has 0 aliphatic heterocycles. The van der Waals surface area contributed by atoms with E-state index in [1.807, 2.05) is 25.1 Å². The SMILES string of the molecule is CCCC(C#C[I+]c1ccccc1)CCCNS(=O)(=O)c1ccc(C)cc1. The second-order valence-electron chi connectivity index (χ2n) is 6.47. The molecule has 2 aromatic rings. The van der Waals surface area contributed by atoms with E-state index in [1.54, 1.807) is 12.1 Å². The van der Waals surface area contributed by atoms with Gasteiger partial charge in [-0.2, -0.15) is 0 Å². The lowest BCUT2D eigenvalue weighted by Gasteiger charge is -2.10. The topological polar surface area (TPSA) is 46.2 Å². The number of rotatable bonds is 9. The van der Waals surface area contributed by atoms with Crippen LogP contribution in [0.5, 0.6) is 0 Å². The lowest BCUT2D eigenvalue weighted by atomic mass is 9.99. The normalized spacial score (nSPS) is 12.2. The molecule has 0 fully saturated rings. The number of benzene rings is 2. The Labute approximate surface area is 174 Å². The maximum Gasteiger partial charge on any atom is 0.419 e. The van der Waals surface area contributed by atoms with Crippen LogP contribution in [0.15, 0.2) is 59.5 Å². The molecule has 5 heteroatoms. The molecular formula is C22H27INO2S+. The third-order valence-corrected chi connectivity index (χ3v) is 7.54. The Morgan fingerprint density at radius 1 is 1.04 bits per heavy atom. The van der Waals surface area contributed by atoms with Gasteiger partial charge in [-0.25, -0.2) is 13.1 Å². The Hall–Kier alpha value is -1.36. The van der Waals surface area contributed by atoms with Gasteiger partial charge in [-0.1, -0.05) is 49.2 Å². The summed E-state index contributed by atoms with van der Waals surface area (Å²) in [6, 6.07) is 17.3. The number of hydrogen-bond donors (Lipinski definition) is 1. The molecule has 0 heterocycles. The van der Waals surface area contributed by atoms with E-state index in [9.17, 15) is 8.42 Å². The Morgan fingerprint density at radius 2 is 1.74 bits per heavy atom. The highest BCUT2D eigenvalue weighted by atomic mass is 127. The van der Waals surface area contributed by atoms with E-state index in [-0.39, 0.29) is 21.2 Å². The van der Waals surface area contributed by atoms with Crippen LogP contribution in [0.1, 0.15) is 38.2 Å². The minimum atomic E-state index is -3.42. The van der Waals surface area contributed by atoms with Crippen molar-refractivity contribution in [3.63, 3.8) is 0 Å². The third kappa shape index (κ3) is 8.04. The highest BCUT2D eigenvalue weighted by Crippen LogP contribution is 2.13. The first-order valence-electron chi connectivity index (χ1n) is 9.27. The summed E-state index contributed by atoms with van der Waals surface area (Å²) in [6.45, 7) is 4.56. The van der Waals surface area contributed by atoms with Gasteiger partial charge in [-0.05, 0) is 56.4 Å². The first-order chi connectivity index (χ1) is 13.0. The van der Waals surface area contributed by atoms with Crippen molar-refractivity contribution < 1.29 is 29.6 Å². The zero-order valence-corrected chi connectivity index (χ0v) is 18.9. The standard InChI is InChI=1S/C22H27INO2S/c1-3-8-20(16-17-23-21-10-5-4-6-11-21)9-7-18-24-27(25,26)22-14-12-19(2)13-15-22/h4-6,10-15,20,24H,3,7-9,18H2,1-2H3/q+1. The van der Waals surface area contributed by atoms with Crippen molar-refractivity contribution in [3.05, 3.63) is 63.7 Å². The number of halogens is 1. The third-order valence-electron chi connectivity index (χ3n) is 4.14. The fourth-order valence-electron chi connectivity index (χ4n) is 2.63. The zero-order chi connectivity index (χ0) is 19.5. The van der Waals surface area contributed by atoms with Crippen LogP contribution in [-0.2, 0) is 10.0 Å². The minimum absolute atomic E-state index is 0.263. The molecule has 0 aliphatic carbocycles. The van der Waals surface area contributed by atoms with Gasteiger partial charge in [0.1, 0.15) is 0 Å². The van der Waals surface area contributed by atoms with E-state index in [0.29, 0.717) is 17.4 Å². The molecule has 0 bridgehead atoms. The van der Waals surface area contributed by atoms with E-state index in [2.05, 4.69) is 45.8 Å². The average Bonchev–Trinajstić information content (AvgIpc) is 2.66. The molecular weight excluding hydrogens is 469 g/mol. The van der Waals surface area contributed by atoms with Crippen LogP contribution in [0.3, 0.4) is 0 Å². The Balaban J connectivity index is 1.81. The molecule has 0 radical (unpaired) electrons. The van der Waals surface area contributed by atoms with E-state index < -0.39 is 10.0 Å². The molecule has 27 heavy (non-hydrogen) atoms. The molecule has 144 valence electrons. The average molecular weight is 496 g/mol. The molecule has 2 rings (SSSR count). The predicted molar refractivity (Wildman–Crippen MR) is 107 cm³/mol. The van der Waals surface area contributed by atoms with Gasteiger partial charge in [-0.15, -0.1) is 0 Å². The van der Waals surface area contributed by atoms with Crippen LogP contribution in [0.2, 0.25) is 0 Å². The van der Waals surface area contributed by atoms with Crippen LogP contribution in [0.25, 0.3) is 0 Å². The predicted octanol–water partition coefficient (Wildman–Crippen LogP) is 1.39. The van der Waals surface area contributed by atoms with Crippen LogP contribution in [-0.4, -0.2) is 15.0 Å². The fraction of sp³-hybridized carbons (Fsp3) is 0.364. The highest BCUT2D eigenvalue weighted by Gasteiger charge is 2.14. The molecule has 0 saturated heterocycles. The molecule has 0 saturated carbocycles. The Bertz CT molecular complexity index is 853. The molecule has 0 spiro atoms. The summed E-state index contributed by atoms with van der Waals surface area (Å²) >= 11 is -0.263. The van der Waals surface area contributed by atoms with E-state index in [0.717, 1.165) is 31.2 Å². The van der Waals surface area contributed by atoms with Gasteiger partial charge in [0, 0.05) is 12.5 Å². The molecule has 1 atom stereocenters. The second kappa shape index (κ2) is 11.5. The van der Waals surface area contributed by atoms with Crippen molar-refractivity contribution in [1.82, 2.24) is 4.72 Å². The molecule has 3 nitrogen and oxygen atoms in total. The number of hydrogen-bond acceptors (Lipinski definition) is 2. The zero-order valence-electron chi connectivity index (χ0n) is 15.9. The van der Waals surface area contributed by atoms with Crippen LogP contribution in [0, 0.1) is 26.3 Å². The highest BCUT2D eigenvalue weighted by molar-refractivity contribution is 7.89. The summed E-state index contributed by atoms with van der Waals surface area (Å²) in [4.78, 5) is 0.325. The Kier molecular flexibility index (Phi) is 9.32. The van der Waals surface area contributed by atoms with Crippen molar-refractivity contribution >= 4 is 10.0 Å². The molecule has 0 amide bonds. The summed E-state index contributed by atoms with van der Waals surface area (Å²) in [6.07, 6.45) is 3.89. The van der Waals surface area contributed by atoms with Gasteiger partial charge in [-0.3, -0.25) is 0 Å². The molecule has 0 aliphatic rings. The van der Waals surface area contributed by atoms with Crippen molar-refractivity contribution in [2.75, 3.05) is 6.54 Å². The van der Waals surface area contributed by atoms with Gasteiger partial charge >= 0.3 is 21.2 Å². The molecule has 2 aromatic carbocycles. The largest absolute Gasteiger partial charge is 0.419 e. The molecule has 0 aromatic heterocycles. The summed E-state index contributed by atoms with van der Waals surface area (Å²) in [5.41, 5.74) is 1.05. The lowest BCUT2D eigenvalue weighted by Crippen LogP contribution is -3.59. The summed E-state index contributed by atoms with van der Waals surface area (Å²) in [5, 5.41) is 0. The van der Waals surface area contributed by atoms with Gasteiger partial charge < -0.3 is 0 Å². The van der Waals surface area contributed by atoms with Crippen LogP contribution in [0.4, 0.5) is 0 Å². The van der Waals surface area contributed by atoms with Crippen molar-refractivity contribution in [1.29, 1.82) is 0 Å². The summed E-state index contributed by atoms with van der Waals surface area (Å²) < 4.78 is 32.1. The maximum atomic E-state index is 12.3. The fourth-order valence-corrected chi connectivity index (χ4v) is 5.39. The summed E-state index contributed by atoms with van der Waals surface area (Å²) in [5.74, 6) is 3.78. The van der Waals surface area contributed by atoms with Crippen molar-refractivity contribution in [2.24, 2.45) is 5.92 Å². The van der Waals surface area contributed by atoms with Crippen LogP contribution >= 0.6 is 0 Å². The second-order valence-corrected chi connectivity index (χ2v) is 10.6. The number of sulfonamides is 1. The van der Waals surface area contributed by atoms with E-state index in [4.69, 9.17) is 0 Å². The monoisotopic (exact) mass is 496 g/mol. The smallest absolute Gasteiger partial charge is 0.211 e. The van der Waals surface area contributed by atoms with Gasteiger partial charge in [0.05, 0.1) is 4.90 Å².